The number of carbonyl (C=O) groups is 1. The second-order valence-corrected chi connectivity index (χ2v) is 7.92. The van der Waals surface area contributed by atoms with Crippen LogP contribution >= 0.6 is 11.6 Å². The van der Waals surface area contributed by atoms with Gasteiger partial charge >= 0.3 is 0 Å². The zero-order valence-corrected chi connectivity index (χ0v) is 17.5. The molecule has 2 aliphatic rings. The minimum atomic E-state index is -1.69. The van der Waals surface area contributed by atoms with Gasteiger partial charge in [-0.05, 0) is 18.2 Å². The molecule has 2 aromatic rings. The first kappa shape index (κ1) is 21.5. The zero-order chi connectivity index (χ0) is 22.3. The number of alkyl halides is 1. The second-order valence-electron chi connectivity index (χ2n) is 7.51. The summed E-state index contributed by atoms with van der Waals surface area (Å²) in [5.41, 5.74) is 11.5. The van der Waals surface area contributed by atoms with Gasteiger partial charge in [-0.2, -0.15) is 0 Å². The Balaban J connectivity index is 1.92. The number of ether oxygens (including phenoxy) is 2. The van der Waals surface area contributed by atoms with Crippen molar-refractivity contribution in [3.8, 4) is 5.75 Å². The largest absolute Gasteiger partial charge is 0.480 e. The van der Waals surface area contributed by atoms with Crippen LogP contribution in [0.1, 0.15) is 16.7 Å². The normalized spacial score (nSPS) is 24.8. The molecule has 0 aromatic heterocycles. The van der Waals surface area contributed by atoms with E-state index in [9.17, 15) is 9.18 Å². The molecule has 1 amide bonds. The quantitative estimate of drug-likeness (QED) is 0.736. The number of rotatable bonds is 5. The van der Waals surface area contributed by atoms with Gasteiger partial charge in [0.15, 0.2) is 11.8 Å². The van der Waals surface area contributed by atoms with Gasteiger partial charge in [0, 0.05) is 52.9 Å². The third-order valence-corrected chi connectivity index (χ3v) is 6.11. The van der Waals surface area contributed by atoms with Gasteiger partial charge in [-0.3, -0.25) is 4.79 Å². The van der Waals surface area contributed by atoms with Crippen molar-refractivity contribution in [3.63, 3.8) is 0 Å². The highest BCUT2D eigenvalue weighted by Crippen LogP contribution is 2.48. The summed E-state index contributed by atoms with van der Waals surface area (Å²) in [6, 6.07) is 9.37. The van der Waals surface area contributed by atoms with E-state index in [1.807, 2.05) is 0 Å². The average molecular weight is 447 g/mol. The monoisotopic (exact) mass is 446 g/mol. The maximum Gasteiger partial charge on any atom is 0.249 e. The lowest BCUT2D eigenvalue weighted by molar-refractivity contribution is -0.114. The molecule has 0 saturated carbocycles. The van der Waals surface area contributed by atoms with Crippen LogP contribution in [0.25, 0.3) is 5.57 Å². The van der Waals surface area contributed by atoms with Crippen LogP contribution in [0.2, 0.25) is 5.02 Å². The van der Waals surface area contributed by atoms with E-state index >= 15 is 4.39 Å². The molecule has 1 aliphatic heterocycles. The fourth-order valence-electron chi connectivity index (χ4n) is 4.28. The fraction of sp³-hybridized carbons (Fsp3) is 0.261. The number of nitrogens with two attached hydrogens (primary N) is 2. The van der Waals surface area contributed by atoms with Crippen molar-refractivity contribution in [3.05, 3.63) is 81.7 Å². The first-order valence-electron chi connectivity index (χ1n) is 9.68. The molecule has 2 aromatic carbocycles. The minimum Gasteiger partial charge on any atom is -0.480 e. The van der Waals surface area contributed by atoms with Gasteiger partial charge in [-0.25, -0.2) is 8.78 Å². The Kier molecular flexibility index (Phi) is 5.60. The maximum atomic E-state index is 15.5. The Morgan fingerprint density at radius 1 is 1.32 bits per heavy atom. The molecule has 0 bridgehead atoms. The Labute approximate surface area is 183 Å². The van der Waals surface area contributed by atoms with Crippen LogP contribution in [0.15, 0.2) is 54.1 Å². The Morgan fingerprint density at radius 3 is 2.71 bits per heavy atom. The van der Waals surface area contributed by atoms with Gasteiger partial charge < -0.3 is 20.9 Å². The summed E-state index contributed by atoms with van der Waals surface area (Å²) >= 11 is 6.50. The number of primary amides is 1. The lowest BCUT2D eigenvalue weighted by atomic mass is 9.82. The minimum absolute atomic E-state index is 0.00719. The van der Waals surface area contributed by atoms with Crippen molar-refractivity contribution in [1.82, 2.24) is 0 Å². The van der Waals surface area contributed by atoms with Crippen LogP contribution < -0.4 is 16.2 Å². The molecular weight excluding hydrogens is 426 g/mol. The molecule has 3 atom stereocenters. The first-order valence-corrected chi connectivity index (χ1v) is 10.1. The molecule has 4 rings (SSSR count). The highest BCUT2D eigenvalue weighted by molar-refractivity contribution is 6.33. The third kappa shape index (κ3) is 3.43. The van der Waals surface area contributed by atoms with Gasteiger partial charge in [0.2, 0.25) is 5.91 Å². The van der Waals surface area contributed by atoms with Crippen molar-refractivity contribution < 1.29 is 23.0 Å². The Hall–Kier alpha value is -2.74. The van der Waals surface area contributed by atoms with E-state index in [1.54, 1.807) is 30.3 Å². The fourth-order valence-corrected chi connectivity index (χ4v) is 4.55. The molecule has 1 unspecified atom stereocenters. The van der Waals surface area contributed by atoms with E-state index in [0.29, 0.717) is 16.9 Å². The average Bonchev–Trinajstić information content (AvgIpc) is 3.14. The number of carbonyl (C=O) groups excluding carboxylic acids is 1. The summed E-state index contributed by atoms with van der Waals surface area (Å²) in [7, 11) is 1.37. The molecule has 8 heteroatoms. The molecule has 1 heterocycles. The van der Waals surface area contributed by atoms with E-state index in [1.165, 1.54) is 25.3 Å². The molecule has 0 saturated heterocycles. The summed E-state index contributed by atoms with van der Waals surface area (Å²) in [6.45, 7) is -0.0267. The van der Waals surface area contributed by atoms with Gasteiger partial charge in [0.1, 0.15) is 17.7 Å². The second kappa shape index (κ2) is 8.07. The Morgan fingerprint density at radius 2 is 2.06 bits per heavy atom. The predicted molar refractivity (Wildman–Crippen MR) is 114 cm³/mol. The van der Waals surface area contributed by atoms with Crippen LogP contribution in [0.5, 0.6) is 5.75 Å². The maximum absolute atomic E-state index is 15.5. The number of methoxy groups -OCH3 is 1. The number of amides is 1. The van der Waals surface area contributed by atoms with Crippen molar-refractivity contribution in [2.75, 3.05) is 13.7 Å². The summed E-state index contributed by atoms with van der Waals surface area (Å²) in [6.07, 6.45) is 0.395. The van der Waals surface area contributed by atoms with E-state index in [-0.39, 0.29) is 34.7 Å². The van der Waals surface area contributed by atoms with E-state index in [4.69, 9.17) is 32.5 Å². The van der Waals surface area contributed by atoms with E-state index < -0.39 is 29.6 Å². The summed E-state index contributed by atoms with van der Waals surface area (Å²) in [4.78, 5) is 12.1. The van der Waals surface area contributed by atoms with Gasteiger partial charge in [0.25, 0.3) is 0 Å². The highest BCUT2D eigenvalue weighted by Gasteiger charge is 2.45. The van der Waals surface area contributed by atoms with Crippen LogP contribution in [-0.4, -0.2) is 31.8 Å². The van der Waals surface area contributed by atoms with E-state index in [2.05, 4.69) is 0 Å². The molecule has 31 heavy (non-hydrogen) atoms. The number of fused-ring (bicyclic) bond motifs is 1. The van der Waals surface area contributed by atoms with Crippen LogP contribution in [0, 0.1) is 5.82 Å². The SMILES string of the molecule is CO[C@H]1C=CC(C(N)=O)=C(c2c(Cl)ccc3c2C[C@@](CN)(c2ccccc2F)O3)C1F. The predicted octanol–water partition coefficient (Wildman–Crippen LogP) is 3.43. The summed E-state index contributed by atoms with van der Waals surface area (Å²) < 4.78 is 41.5. The van der Waals surface area contributed by atoms with Crippen molar-refractivity contribution >= 4 is 23.1 Å². The summed E-state index contributed by atoms with van der Waals surface area (Å²) in [5.74, 6) is -0.871. The molecule has 0 spiro atoms. The third-order valence-electron chi connectivity index (χ3n) is 5.80. The molecule has 0 radical (unpaired) electrons. The molecular formula is C23H21ClF2N2O3. The molecule has 162 valence electrons. The van der Waals surface area contributed by atoms with Crippen LogP contribution in [-0.2, 0) is 21.6 Å². The van der Waals surface area contributed by atoms with Crippen LogP contribution in [0.4, 0.5) is 8.78 Å². The molecule has 1 aliphatic carbocycles. The van der Waals surface area contributed by atoms with Gasteiger partial charge in [-0.15, -0.1) is 0 Å². The Bertz CT molecular complexity index is 1120. The van der Waals surface area contributed by atoms with Crippen LogP contribution in [0.3, 0.4) is 0 Å². The number of hydrogen-bond acceptors (Lipinski definition) is 4. The van der Waals surface area contributed by atoms with E-state index in [0.717, 1.165) is 0 Å². The van der Waals surface area contributed by atoms with Crippen molar-refractivity contribution in [2.45, 2.75) is 24.3 Å². The van der Waals surface area contributed by atoms with Gasteiger partial charge in [0.05, 0.1) is 0 Å². The molecule has 0 fully saturated rings. The van der Waals surface area contributed by atoms with Gasteiger partial charge in [-0.1, -0.05) is 42.0 Å². The first-order chi connectivity index (χ1) is 14.8. The number of hydrogen-bond donors (Lipinski definition) is 2. The zero-order valence-electron chi connectivity index (χ0n) is 16.7. The molecule has 4 N–H and O–H groups in total. The molecule has 5 nitrogen and oxygen atoms in total. The highest BCUT2D eigenvalue weighted by atomic mass is 35.5. The topological polar surface area (TPSA) is 87.6 Å². The lowest BCUT2D eigenvalue weighted by Gasteiger charge is -2.28. The summed E-state index contributed by atoms with van der Waals surface area (Å²) in [5, 5.41) is 0.213. The number of benzene rings is 2. The lowest BCUT2D eigenvalue weighted by Crippen LogP contribution is -2.40. The van der Waals surface area contributed by atoms with Crippen molar-refractivity contribution in [2.24, 2.45) is 11.5 Å². The number of halogens is 3. The standard InChI is InChI=1S/C23H21ClF2N2O3/c1-30-18-8-6-12(22(28)29)20(21(18)26)19-13-10-23(11-27,14-4-2-3-5-16(14)25)31-17(13)9-7-15(19)24/h2-9,18,21H,10-11,27H2,1H3,(H2,28,29)/t18-,21?,23+/m0/s1. The van der Waals surface area contributed by atoms with Crippen molar-refractivity contribution in [1.29, 1.82) is 0 Å². The smallest absolute Gasteiger partial charge is 0.249 e.